The molecule has 6 bridgehead atoms. The molecule has 4 atom stereocenters. The number of esters is 1. The van der Waals surface area contributed by atoms with Gasteiger partial charge < -0.3 is 24.3 Å². The van der Waals surface area contributed by atoms with Crippen LogP contribution in [0.15, 0.2) is 41.9 Å². The summed E-state index contributed by atoms with van der Waals surface area (Å²) < 4.78 is 14.4. The van der Waals surface area contributed by atoms with Crippen LogP contribution >= 0.6 is 11.3 Å². The minimum Gasteiger partial charge on any atom is -0.464 e. The third-order valence-electron chi connectivity index (χ3n) is 15.3. The maximum atomic E-state index is 15.1. The van der Waals surface area contributed by atoms with Crippen LogP contribution in [-0.2, 0) is 43.2 Å². The predicted molar refractivity (Wildman–Crippen MR) is 269 cm³/mol. The van der Waals surface area contributed by atoms with Gasteiger partial charge in [-0.2, -0.15) is 0 Å². The summed E-state index contributed by atoms with van der Waals surface area (Å²) in [7, 11) is 0. The summed E-state index contributed by atoms with van der Waals surface area (Å²) in [5.41, 5.74) is 9.47. The van der Waals surface area contributed by atoms with Gasteiger partial charge in [0.1, 0.15) is 17.7 Å². The van der Waals surface area contributed by atoms with E-state index in [-0.39, 0.29) is 48.2 Å². The molecule has 1 aliphatic carbocycles. The Morgan fingerprint density at radius 3 is 2.57 bits per heavy atom. The number of aryl methyl sites for hydroxylation is 1. The number of thiazole rings is 1. The molecule has 15 heteroatoms. The molecule has 2 N–H and O–H groups in total. The molecule has 4 fully saturated rings. The van der Waals surface area contributed by atoms with Gasteiger partial charge in [-0.1, -0.05) is 46.6 Å². The molecule has 7 heterocycles. The van der Waals surface area contributed by atoms with E-state index in [1.165, 1.54) is 21.9 Å². The first-order valence-corrected chi connectivity index (χ1v) is 26.6. The van der Waals surface area contributed by atoms with Crippen LogP contribution in [0.1, 0.15) is 135 Å². The number of piperidine rings is 1. The number of benzene rings is 1. The molecule has 3 aromatic heterocycles. The Bertz CT molecular complexity index is 2560. The number of pyridine rings is 1. The Kier molecular flexibility index (Phi) is 14.1. The maximum absolute atomic E-state index is 15.1. The summed E-state index contributed by atoms with van der Waals surface area (Å²) in [5.74, 6) is -0.468. The normalized spacial score (nSPS) is 24.5. The number of fused-ring (bicyclic) bond motifs is 6. The van der Waals surface area contributed by atoms with Gasteiger partial charge in [0.2, 0.25) is 5.91 Å². The van der Waals surface area contributed by atoms with Crippen LogP contribution in [-0.4, -0.2) is 116 Å². The number of aromatic nitrogens is 3. The van der Waals surface area contributed by atoms with Crippen LogP contribution in [0.3, 0.4) is 0 Å². The van der Waals surface area contributed by atoms with Gasteiger partial charge in [-0.3, -0.25) is 29.3 Å². The first-order chi connectivity index (χ1) is 32.9. The number of nitrogens with zero attached hydrogens (tertiary/aromatic N) is 6. The highest BCUT2D eigenvalue weighted by molar-refractivity contribution is 7.10. The van der Waals surface area contributed by atoms with Crippen molar-refractivity contribution in [3.05, 3.63) is 58.2 Å². The zero-order valence-electron chi connectivity index (χ0n) is 42.2. The lowest BCUT2D eigenvalue weighted by atomic mass is 9.78. The van der Waals surface area contributed by atoms with E-state index in [2.05, 4.69) is 84.5 Å². The minimum atomic E-state index is -0.932. The molecule has 0 radical (unpaired) electrons. The van der Waals surface area contributed by atoms with Gasteiger partial charge in [0, 0.05) is 83.6 Å². The molecule has 69 heavy (non-hydrogen) atoms. The highest BCUT2D eigenvalue weighted by Crippen LogP contribution is 2.44. The second-order valence-corrected chi connectivity index (χ2v) is 23.7. The number of carbonyl (C=O) groups excluding carboxylic acids is 4. The van der Waals surface area contributed by atoms with E-state index in [9.17, 15) is 14.4 Å². The van der Waals surface area contributed by atoms with E-state index < -0.39 is 35.1 Å². The van der Waals surface area contributed by atoms with Crippen molar-refractivity contribution in [3.63, 3.8) is 0 Å². The maximum Gasteiger partial charge on any atom is 0.410 e. The number of amides is 3. The Morgan fingerprint density at radius 2 is 1.81 bits per heavy atom. The molecule has 4 aromatic rings. The van der Waals surface area contributed by atoms with Crippen LogP contribution in [0, 0.1) is 16.7 Å². The molecular weight excluding hydrogens is 889 g/mol. The molecule has 3 amide bonds. The summed E-state index contributed by atoms with van der Waals surface area (Å²) in [6.07, 6.45) is 10.4. The summed E-state index contributed by atoms with van der Waals surface area (Å²) in [4.78, 5) is 71.6. The Balaban J connectivity index is 1.06. The predicted octanol–water partition coefficient (Wildman–Crippen LogP) is 8.90. The largest absolute Gasteiger partial charge is 0.464 e. The number of nitrogens with one attached hydrogen (secondary N) is 2. The fourth-order valence-corrected chi connectivity index (χ4v) is 12.9. The van der Waals surface area contributed by atoms with Crippen molar-refractivity contribution in [1.82, 2.24) is 40.1 Å². The summed E-state index contributed by atoms with van der Waals surface area (Å²) in [5, 5.41) is 8.79. The Hall–Kier alpha value is -4.86. The van der Waals surface area contributed by atoms with Gasteiger partial charge in [-0.05, 0) is 127 Å². The van der Waals surface area contributed by atoms with Crippen molar-refractivity contribution >= 4 is 46.1 Å². The highest BCUT2D eigenvalue weighted by Gasteiger charge is 2.48. The number of hydrazine groups is 1. The third kappa shape index (κ3) is 10.5. The molecule has 1 aromatic carbocycles. The number of carbonyl (C=O) groups is 4. The highest BCUT2D eigenvalue weighted by atomic mass is 32.1. The van der Waals surface area contributed by atoms with Gasteiger partial charge in [0.25, 0.3) is 5.91 Å². The van der Waals surface area contributed by atoms with Crippen molar-refractivity contribution in [3.8, 4) is 22.5 Å². The average molecular weight is 963 g/mol. The minimum absolute atomic E-state index is 0.129. The lowest BCUT2D eigenvalue weighted by molar-refractivity contribution is -0.155. The zero-order valence-corrected chi connectivity index (χ0v) is 43.0. The van der Waals surface area contributed by atoms with E-state index in [0.717, 1.165) is 102 Å². The molecule has 1 saturated carbocycles. The van der Waals surface area contributed by atoms with E-state index in [4.69, 9.17) is 19.4 Å². The molecule has 1 spiro atoms. The van der Waals surface area contributed by atoms with Crippen LogP contribution in [0.5, 0.6) is 0 Å². The van der Waals surface area contributed by atoms with Crippen molar-refractivity contribution in [2.45, 2.75) is 162 Å². The number of likely N-dealkylation sites (tertiary alicyclic amines) is 2. The van der Waals surface area contributed by atoms with Crippen LogP contribution in [0.4, 0.5) is 4.79 Å². The SMILES string of the molecule is CCn1c(-c2cccnc2C(C)C)c2c3cc(ccc31)-c1csc(n1)C[C@H](NC(=O)[C@H](C1CCCC1)N1CCC[C@@]3(CCN(C(=O)OC(C)(C)C)C3)C1)C(=O)N1CCC[C@H](N1)C(=O)OCC(C)(C)C2. The summed E-state index contributed by atoms with van der Waals surface area (Å²) >= 11 is 1.50. The van der Waals surface area contributed by atoms with Gasteiger partial charge in [-0.25, -0.2) is 15.2 Å². The molecule has 372 valence electrons. The van der Waals surface area contributed by atoms with Crippen LogP contribution in [0.25, 0.3) is 33.4 Å². The van der Waals surface area contributed by atoms with E-state index in [1.807, 2.05) is 37.9 Å². The summed E-state index contributed by atoms with van der Waals surface area (Å²) in [6, 6.07) is 8.70. The van der Waals surface area contributed by atoms with Gasteiger partial charge in [0.15, 0.2) is 0 Å². The monoisotopic (exact) mass is 963 g/mol. The second kappa shape index (κ2) is 19.7. The standard InChI is InChI=1S/C54H74N8O6S/c1-9-61-43-20-19-36-27-38(43)39(47(61)37-17-12-23-55-45(37)34(2)3)29-53(7,8)33-67-50(65)40-18-13-25-62(58-40)49(64)41(28-44-56-42(36)30-69-44)57-48(63)46(35-15-10-11-16-35)59-24-14-21-54(31-59)22-26-60(32-54)51(66)68-52(4,5)6/h12,17,19-20,23,27,30,34-35,40-41,46,58H,9-11,13-16,18,21-22,24-26,28-29,31-33H2,1-8H3,(H,57,63)/t40-,41-,46-,54+/m0/s1. The number of cyclic esters (lactones) is 1. The number of hydrogen-bond acceptors (Lipinski definition) is 11. The fourth-order valence-electron chi connectivity index (χ4n) is 12.0. The Labute approximate surface area is 412 Å². The second-order valence-electron chi connectivity index (χ2n) is 22.8. The molecule has 4 aliphatic heterocycles. The van der Waals surface area contributed by atoms with Crippen molar-refractivity contribution in [2.75, 3.05) is 39.3 Å². The lowest BCUT2D eigenvalue weighted by Gasteiger charge is -2.45. The van der Waals surface area contributed by atoms with Crippen molar-refractivity contribution < 1.29 is 28.7 Å². The quantitative estimate of drug-likeness (QED) is 0.172. The fraction of sp³-hybridized carbons (Fsp3) is 0.630. The number of ether oxygens (including phenoxy) is 2. The molecule has 14 nitrogen and oxygen atoms in total. The molecule has 0 unspecified atom stereocenters. The molecule has 9 rings (SSSR count). The van der Waals surface area contributed by atoms with Crippen molar-refractivity contribution in [1.29, 1.82) is 0 Å². The van der Waals surface area contributed by atoms with E-state index in [0.29, 0.717) is 45.4 Å². The molecule has 3 saturated heterocycles. The number of hydrogen-bond donors (Lipinski definition) is 2. The number of rotatable bonds is 7. The van der Waals surface area contributed by atoms with E-state index >= 15 is 4.79 Å². The zero-order chi connectivity index (χ0) is 48.8. The average Bonchev–Trinajstić information content (AvgIpc) is 4.15. The first-order valence-electron chi connectivity index (χ1n) is 25.7. The van der Waals surface area contributed by atoms with Gasteiger partial charge in [0.05, 0.1) is 34.7 Å². The first kappa shape index (κ1) is 49.1. The lowest BCUT2D eigenvalue weighted by Crippen LogP contribution is -2.63. The van der Waals surface area contributed by atoms with Crippen LogP contribution in [0.2, 0.25) is 0 Å². The molecular formula is C54H74N8O6S. The van der Waals surface area contributed by atoms with Crippen LogP contribution < -0.4 is 10.7 Å². The van der Waals surface area contributed by atoms with Crippen molar-refractivity contribution in [2.24, 2.45) is 16.7 Å². The summed E-state index contributed by atoms with van der Waals surface area (Å²) in [6.45, 7) is 20.6. The van der Waals surface area contributed by atoms with Gasteiger partial charge in [-0.15, -0.1) is 11.3 Å². The molecule has 5 aliphatic rings. The third-order valence-corrected chi connectivity index (χ3v) is 16.1. The topological polar surface area (TPSA) is 151 Å². The Morgan fingerprint density at radius 1 is 1.01 bits per heavy atom. The van der Waals surface area contributed by atoms with E-state index in [1.54, 1.807) is 0 Å². The smallest absolute Gasteiger partial charge is 0.410 e. The van der Waals surface area contributed by atoms with Gasteiger partial charge >= 0.3 is 12.1 Å².